The van der Waals surface area contributed by atoms with Crippen molar-refractivity contribution >= 4 is 11.7 Å². The molecule has 0 radical (unpaired) electrons. The number of amides is 1. The minimum atomic E-state index is -0.204. The predicted octanol–water partition coefficient (Wildman–Crippen LogP) is 1.73. The molecule has 0 aromatic heterocycles. The zero-order valence-corrected chi connectivity index (χ0v) is 12.4. The average molecular weight is 279 g/mol. The molecule has 1 rings (SSSR count). The molecular weight excluding hydrogens is 258 g/mol. The van der Waals surface area contributed by atoms with Gasteiger partial charge in [0.15, 0.2) is 12.4 Å². The van der Waals surface area contributed by atoms with E-state index >= 15 is 0 Å². The summed E-state index contributed by atoms with van der Waals surface area (Å²) in [5.41, 5.74) is 1.46. The number of methoxy groups -OCH3 is 1. The maximum absolute atomic E-state index is 11.6. The van der Waals surface area contributed by atoms with Gasteiger partial charge in [-0.3, -0.25) is 9.59 Å². The van der Waals surface area contributed by atoms with Crippen LogP contribution in [0, 0.1) is 6.92 Å². The SMILES string of the molecule is COCC(C)NC(=O)COc1ccc(C(C)=O)cc1C. The summed E-state index contributed by atoms with van der Waals surface area (Å²) in [6.45, 7) is 5.61. The van der Waals surface area contributed by atoms with E-state index in [1.165, 1.54) is 6.92 Å². The second-order valence-corrected chi connectivity index (χ2v) is 4.75. The fourth-order valence-corrected chi connectivity index (χ4v) is 1.78. The topological polar surface area (TPSA) is 64.6 Å². The van der Waals surface area contributed by atoms with Gasteiger partial charge in [-0.25, -0.2) is 0 Å². The number of benzene rings is 1. The summed E-state index contributed by atoms with van der Waals surface area (Å²) >= 11 is 0. The average Bonchev–Trinajstić information content (AvgIpc) is 2.37. The standard InChI is InChI=1S/C15H21NO4/c1-10-7-13(12(3)17)5-6-14(10)20-9-15(18)16-11(2)8-19-4/h5-7,11H,8-9H2,1-4H3,(H,16,18). The van der Waals surface area contributed by atoms with Crippen molar-refractivity contribution in [1.29, 1.82) is 0 Å². The summed E-state index contributed by atoms with van der Waals surface area (Å²) in [5, 5.41) is 2.76. The number of aryl methyl sites for hydroxylation is 1. The van der Waals surface area contributed by atoms with Crippen molar-refractivity contribution in [3.8, 4) is 5.75 Å². The second kappa shape index (κ2) is 7.65. The Labute approximate surface area is 119 Å². The molecule has 0 aliphatic heterocycles. The number of nitrogens with one attached hydrogen (secondary N) is 1. The molecule has 0 aliphatic carbocycles. The van der Waals surface area contributed by atoms with Gasteiger partial charge in [0, 0.05) is 18.7 Å². The first-order valence-corrected chi connectivity index (χ1v) is 6.46. The molecule has 1 unspecified atom stereocenters. The monoisotopic (exact) mass is 279 g/mol. The molecule has 20 heavy (non-hydrogen) atoms. The van der Waals surface area contributed by atoms with E-state index in [4.69, 9.17) is 9.47 Å². The van der Waals surface area contributed by atoms with Crippen molar-refractivity contribution in [2.75, 3.05) is 20.3 Å². The van der Waals surface area contributed by atoms with Crippen LogP contribution in [0.15, 0.2) is 18.2 Å². The minimum Gasteiger partial charge on any atom is -0.484 e. The molecule has 1 atom stereocenters. The van der Waals surface area contributed by atoms with Crippen LogP contribution in [0.25, 0.3) is 0 Å². The van der Waals surface area contributed by atoms with Crippen LogP contribution in [0.3, 0.4) is 0 Å². The summed E-state index contributed by atoms with van der Waals surface area (Å²) in [5.74, 6) is 0.403. The summed E-state index contributed by atoms with van der Waals surface area (Å²) in [6.07, 6.45) is 0. The largest absolute Gasteiger partial charge is 0.484 e. The Kier molecular flexibility index (Phi) is 6.18. The maximum atomic E-state index is 11.6. The van der Waals surface area contributed by atoms with Gasteiger partial charge in [0.05, 0.1) is 6.61 Å². The molecule has 0 saturated heterocycles. The fourth-order valence-electron chi connectivity index (χ4n) is 1.78. The molecule has 1 amide bonds. The van der Waals surface area contributed by atoms with Crippen molar-refractivity contribution in [3.05, 3.63) is 29.3 Å². The normalized spacial score (nSPS) is 11.8. The van der Waals surface area contributed by atoms with E-state index in [1.807, 2.05) is 13.8 Å². The van der Waals surface area contributed by atoms with Crippen molar-refractivity contribution < 1.29 is 19.1 Å². The molecular formula is C15H21NO4. The number of carbonyl (C=O) groups is 2. The highest BCUT2D eigenvalue weighted by Crippen LogP contribution is 2.19. The highest BCUT2D eigenvalue weighted by Gasteiger charge is 2.09. The lowest BCUT2D eigenvalue weighted by Gasteiger charge is -2.14. The van der Waals surface area contributed by atoms with Crippen LogP contribution in [-0.4, -0.2) is 38.1 Å². The molecule has 110 valence electrons. The second-order valence-electron chi connectivity index (χ2n) is 4.75. The van der Waals surface area contributed by atoms with Crippen LogP contribution >= 0.6 is 0 Å². The van der Waals surface area contributed by atoms with Crippen LogP contribution in [0.2, 0.25) is 0 Å². The molecule has 0 bridgehead atoms. The zero-order valence-electron chi connectivity index (χ0n) is 12.4. The Morgan fingerprint density at radius 2 is 2.05 bits per heavy atom. The lowest BCUT2D eigenvalue weighted by Crippen LogP contribution is -2.38. The van der Waals surface area contributed by atoms with Gasteiger partial charge in [-0.15, -0.1) is 0 Å². The first kappa shape index (κ1) is 16.2. The number of Topliss-reactive ketones (excluding diaryl/α,β-unsaturated/α-hetero) is 1. The smallest absolute Gasteiger partial charge is 0.258 e. The van der Waals surface area contributed by atoms with Gasteiger partial charge < -0.3 is 14.8 Å². The van der Waals surface area contributed by atoms with Gasteiger partial charge in [0.1, 0.15) is 5.75 Å². The van der Waals surface area contributed by atoms with Crippen molar-refractivity contribution in [2.45, 2.75) is 26.8 Å². The van der Waals surface area contributed by atoms with Crippen LogP contribution in [0.4, 0.5) is 0 Å². The van der Waals surface area contributed by atoms with E-state index in [2.05, 4.69) is 5.32 Å². The Morgan fingerprint density at radius 1 is 1.35 bits per heavy atom. The molecule has 0 spiro atoms. The summed E-state index contributed by atoms with van der Waals surface area (Å²) in [4.78, 5) is 22.9. The van der Waals surface area contributed by atoms with E-state index < -0.39 is 0 Å². The molecule has 0 heterocycles. The Hall–Kier alpha value is -1.88. The van der Waals surface area contributed by atoms with Gasteiger partial charge in [-0.1, -0.05) is 0 Å². The molecule has 1 N–H and O–H groups in total. The number of ketones is 1. The Bertz CT molecular complexity index is 485. The molecule has 0 fully saturated rings. The maximum Gasteiger partial charge on any atom is 0.258 e. The highest BCUT2D eigenvalue weighted by atomic mass is 16.5. The van der Waals surface area contributed by atoms with E-state index in [0.717, 1.165) is 5.56 Å². The third-order valence-corrected chi connectivity index (χ3v) is 2.76. The lowest BCUT2D eigenvalue weighted by atomic mass is 10.1. The van der Waals surface area contributed by atoms with E-state index in [1.54, 1.807) is 25.3 Å². The number of ether oxygens (including phenoxy) is 2. The molecule has 0 aliphatic rings. The van der Waals surface area contributed by atoms with E-state index in [-0.39, 0.29) is 24.3 Å². The van der Waals surface area contributed by atoms with Crippen LogP contribution < -0.4 is 10.1 Å². The lowest BCUT2D eigenvalue weighted by molar-refractivity contribution is -0.124. The molecule has 5 heteroatoms. The molecule has 0 saturated carbocycles. The first-order valence-electron chi connectivity index (χ1n) is 6.46. The van der Waals surface area contributed by atoms with Crippen molar-refractivity contribution in [2.24, 2.45) is 0 Å². The Balaban J connectivity index is 2.53. The third kappa shape index (κ3) is 5.01. The van der Waals surface area contributed by atoms with Crippen molar-refractivity contribution in [1.82, 2.24) is 5.32 Å². The van der Waals surface area contributed by atoms with Gasteiger partial charge in [-0.2, -0.15) is 0 Å². The summed E-state index contributed by atoms with van der Waals surface area (Å²) < 4.78 is 10.4. The van der Waals surface area contributed by atoms with Crippen molar-refractivity contribution in [3.63, 3.8) is 0 Å². The van der Waals surface area contributed by atoms with Gasteiger partial charge >= 0.3 is 0 Å². The van der Waals surface area contributed by atoms with Crippen LogP contribution in [0.5, 0.6) is 5.75 Å². The minimum absolute atomic E-state index is 0.00536. The molecule has 5 nitrogen and oxygen atoms in total. The Morgan fingerprint density at radius 3 is 2.60 bits per heavy atom. The van der Waals surface area contributed by atoms with Crippen LogP contribution in [0.1, 0.15) is 29.8 Å². The fraction of sp³-hybridized carbons (Fsp3) is 0.467. The predicted molar refractivity (Wildman–Crippen MR) is 76.2 cm³/mol. The zero-order chi connectivity index (χ0) is 15.1. The summed E-state index contributed by atoms with van der Waals surface area (Å²) in [7, 11) is 1.58. The number of rotatable bonds is 7. The van der Waals surface area contributed by atoms with Gasteiger partial charge in [0.2, 0.25) is 0 Å². The van der Waals surface area contributed by atoms with Gasteiger partial charge in [0.25, 0.3) is 5.91 Å². The summed E-state index contributed by atoms with van der Waals surface area (Å²) in [6, 6.07) is 5.09. The molecule has 1 aromatic rings. The highest BCUT2D eigenvalue weighted by molar-refractivity contribution is 5.94. The number of hydrogen-bond donors (Lipinski definition) is 1. The number of carbonyl (C=O) groups excluding carboxylic acids is 2. The van der Waals surface area contributed by atoms with E-state index in [9.17, 15) is 9.59 Å². The van der Waals surface area contributed by atoms with Crippen LogP contribution in [-0.2, 0) is 9.53 Å². The van der Waals surface area contributed by atoms with E-state index in [0.29, 0.717) is 17.9 Å². The molecule has 1 aromatic carbocycles. The first-order chi connectivity index (χ1) is 9.43. The number of hydrogen-bond acceptors (Lipinski definition) is 4. The quantitative estimate of drug-likeness (QED) is 0.772. The third-order valence-electron chi connectivity index (χ3n) is 2.76. The van der Waals surface area contributed by atoms with Gasteiger partial charge in [-0.05, 0) is 44.5 Å².